The van der Waals surface area contributed by atoms with Gasteiger partial charge in [-0.3, -0.25) is 5.10 Å². The number of hydrogen-bond donors (Lipinski definition) is 3. The van der Waals surface area contributed by atoms with Gasteiger partial charge in [0.05, 0.1) is 12.8 Å². The Kier molecular flexibility index (Phi) is 4.55. The summed E-state index contributed by atoms with van der Waals surface area (Å²) in [4.78, 5) is 0. The minimum Gasteiger partial charge on any atom is -0.460 e. The highest BCUT2D eigenvalue weighted by Crippen LogP contribution is 2.23. The molecule has 3 aromatic rings. The monoisotopic (exact) mass is 315 g/mol. The summed E-state index contributed by atoms with van der Waals surface area (Å²) in [7, 11) is 0. The van der Waals surface area contributed by atoms with Crippen molar-refractivity contribution in [2.24, 2.45) is 0 Å². The quantitative estimate of drug-likeness (QED) is 0.654. The van der Waals surface area contributed by atoms with Crippen LogP contribution in [0.4, 0.5) is 4.39 Å². The minimum atomic E-state index is -0.387. The molecule has 6 heteroatoms. The van der Waals surface area contributed by atoms with Crippen LogP contribution in [0.2, 0.25) is 0 Å². The third-order valence-corrected chi connectivity index (χ3v) is 3.63. The van der Waals surface area contributed by atoms with E-state index in [1.54, 1.807) is 18.3 Å². The molecule has 3 rings (SSSR count). The number of H-pyrrole nitrogens is 1. The van der Waals surface area contributed by atoms with Crippen LogP contribution in [0.25, 0.3) is 11.5 Å². The molecule has 1 aromatic carbocycles. The van der Waals surface area contributed by atoms with Crippen LogP contribution in [0.1, 0.15) is 22.5 Å². The van der Waals surface area contributed by atoms with Crippen molar-refractivity contribution in [3.05, 3.63) is 64.8 Å². The third kappa shape index (κ3) is 3.49. The van der Waals surface area contributed by atoms with Gasteiger partial charge in [0.25, 0.3) is 0 Å². The van der Waals surface area contributed by atoms with Crippen molar-refractivity contribution in [1.29, 1.82) is 0 Å². The van der Waals surface area contributed by atoms with Gasteiger partial charge in [-0.05, 0) is 36.8 Å². The number of aromatic nitrogens is 2. The summed E-state index contributed by atoms with van der Waals surface area (Å²) >= 11 is 0. The zero-order valence-corrected chi connectivity index (χ0v) is 12.8. The molecule has 0 saturated carbocycles. The lowest BCUT2D eigenvalue weighted by Gasteiger charge is -2.07. The van der Waals surface area contributed by atoms with E-state index in [1.807, 2.05) is 19.1 Å². The number of furan rings is 1. The van der Waals surface area contributed by atoms with Crippen LogP contribution in [0.5, 0.6) is 0 Å². The molecule has 3 N–H and O–H groups in total. The number of aryl methyl sites for hydroxylation is 1. The highest BCUT2D eigenvalue weighted by atomic mass is 19.1. The maximum atomic E-state index is 13.4. The predicted molar refractivity (Wildman–Crippen MR) is 83.9 cm³/mol. The Morgan fingerprint density at radius 2 is 2.09 bits per heavy atom. The van der Waals surface area contributed by atoms with Crippen molar-refractivity contribution in [3.63, 3.8) is 0 Å². The van der Waals surface area contributed by atoms with Crippen LogP contribution in [-0.2, 0) is 19.7 Å². The molecule has 0 aliphatic heterocycles. The van der Waals surface area contributed by atoms with E-state index >= 15 is 0 Å². The van der Waals surface area contributed by atoms with Crippen molar-refractivity contribution in [2.75, 3.05) is 0 Å². The van der Waals surface area contributed by atoms with E-state index < -0.39 is 0 Å². The molecule has 0 aliphatic carbocycles. The van der Waals surface area contributed by atoms with Crippen LogP contribution in [0, 0.1) is 12.7 Å². The Morgan fingerprint density at radius 3 is 2.83 bits per heavy atom. The summed E-state index contributed by atoms with van der Waals surface area (Å²) in [6, 6.07) is 8.54. The minimum absolute atomic E-state index is 0.302. The molecule has 0 aliphatic rings. The highest BCUT2D eigenvalue weighted by molar-refractivity contribution is 5.56. The SMILES string of the molecule is Cc1ccc(-c2[nH]ncc2CNCc2ccc(F)c(CO)c2)o1. The summed E-state index contributed by atoms with van der Waals surface area (Å²) in [6.45, 7) is 2.75. The average molecular weight is 315 g/mol. The van der Waals surface area contributed by atoms with Crippen molar-refractivity contribution in [1.82, 2.24) is 15.5 Å². The second kappa shape index (κ2) is 6.76. The van der Waals surface area contributed by atoms with Gasteiger partial charge in [-0.25, -0.2) is 4.39 Å². The predicted octanol–water partition coefficient (Wildman–Crippen LogP) is 2.90. The Morgan fingerprint density at radius 1 is 1.22 bits per heavy atom. The number of halogens is 1. The molecular formula is C17H18FN3O2. The number of nitrogens with zero attached hydrogens (tertiary/aromatic N) is 1. The topological polar surface area (TPSA) is 74.1 Å². The van der Waals surface area contributed by atoms with Gasteiger partial charge in [0.15, 0.2) is 5.76 Å². The maximum Gasteiger partial charge on any atom is 0.152 e. The molecule has 0 fully saturated rings. The third-order valence-electron chi connectivity index (χ3n) is 3.63. The fourth-order valence-electron chi connectivity index (χ4n) is 2.43. The first kappa shape index (κ1) is 15.5. The van der Waals surface area contributed by atoms with Gasteiger partial charge in [-0.2, -0.15) is 5.10 Å². The van der Waals surface area contributed by atoms with Crippen molar-refractivity contribution in [3.8, 4) is 11.5 Å². The summed E-state index contributed by atoms with van der Waals surface area (Å²) in [5.41, 5.74) is 3.05. The van der Waals surface area contributed by atoms with E-state index in [0.29, 0.717) is 18.7 Å². The Balaban J connectivity index is 1.65. The van der Waals surface area contributed by atoms with E-state index in [-0.39, 0.29) is 12.4 Å². The van der Waals surface area contributed by atoms with E-state index in [2.05, 4.69) is 15.5 Å². The van der Waals surface area contributed by atoms with Crippen LogP contribution in [0.15, 0.2) is 40.9 Å². The fourth-order valence-corrected chi connectivity index (χ4v) is 2.43. The van der Waals surface area contributed by atoms with Gasteiger partial charge in [-0.15, -0.1) is 0 Å². The van der Waals surface area contributed by atoms with Crippen molar-refractivity contribution < 1.29 is 13.9 Å². The molecule has 0 atom stereocenters. The summed E-state index contributed by atoms with van der Waals surface area (Å²) < 4.78 is 19.0. The molecule has 0 amide bonds. The number of aliphatic hydroxyl groups is 1. The molecule has 0 radical (unpaired) electrons. The highest BCUT2D eigenvalue weighted by Gasteiger charge is 2.11. The van der Waals surface area contributed by atoms with E-state index in [9.17, 15) is 4.39 Å². The zero-order valence-electron chi connectivity index (χ0n) is 12.8. The second-order valence-electron chi connectivity index (χ2n) is 5.37. The number of aromatic amines is 1. The standard InChI is InChI=1S/C17H18FN3O2/c1-11-2-5-16(23-11)17-14(9-20-21-17)8-19-7-12-3-4-15(18)13(6-12)10-22/h2-6,9,19,22H,7-8,10H2,1H3,(H,20,21). The first-order valence-corrected chi connectivity index (χ1v) is 7.35. The summed E-state index contributed by atoms with van der Waals surface area (Å²) in [5.74, 6) is 1.21. The van der Waals surface area contributed by atoms with Gasteiger partial charge in [-0.1, -0.05) is 6.07 Å². The molecule has 0 spiro atoms. The van der Waals surface area contributed by atoms with Crippen molar-refractivity contribution >= 4 is 0 Å². The summed E-state index contributed by atoms with van der Waals surface area (Å²) in [5, 5.41) is 19.4. The van der Waals surface area contributed by atoms with Gasteiger partial charge < -0.3 is 14.8 Å². The molecule has 0 bridgehead atoms. The molecule has 2 aromatic heterocycles. The molecule has 120 valence electrons. The van der Waals surface area contributed by atoms with Crippen LogP contribution in [0.3, 0.4) is 0 Å². The molecule has 2 heterocycles. The normalized spacial score (nSPS) is 11.1. The van der Waals surface area contributed by atoms with Gasteiger partial charge in [0, 0.05) is 24.2 Å². The maximum absolute atomic E-state index is 13.4. The molecule has 5 nitrogen and oxygen atoms in total. The second-order valence-corrected chi connectivity index (χ2v) is 5.37. The molecular weight excluding hydrogens is 297 g/mol. The first-order chi connectivity index (χ1) is 11.2. The molecule has 0 unspecified atom stereocenters. The Labute approximate surface area is 133 Å². The van der Waals surface area contributed by atoms with Gasteiger partial charge >= 0.3 is 0 Å². The summed E-state index contributed by atoms with van der Waals surface area (Å²) in [6.07, 6.45) is 1.75. The number of rotatable bonds is 6. The van der Waals surface area contributed by atoms with Crippen LogP contribution >= 0.6 is 0 Å². The van der Waals surface area contributed by atoms with E-state index in [0.717, 1.165) is 28.3 Å². The number of benzene rings is 1. The number of aliphatic hydroxyl groups excluding tert-OH is 1. The lowest BCUT2D eigenvalue weighted by Crippen LogP contribution is -2.13. The van der Waals surface area contributed by atoms with Gasteiger partial charge in [0.1, 0.15) is 17.3 Å². The average Bonchev–Trinajstić information content (AvgIpc) is 3.17. The Hall–Kier alpha value is -2.44. The number of hydrogen-bond acceptors (Lipinski definition) is 4. The first-order valence-electron chi connectivity index (χ1n) is 7.35. The van der Waals surface area contributed by atoms with E-state index in [4.69, 9.17) is 9.52 Å². The number of nitrogens with one attached hydrogen (secondary N) is 2. The zero-order chi connectivity index (χ0) is 16.2. The molecule has 0 saturated heterocycles. The Bertz CT molecular complexity index is 795. The van der Waals surface area contributed by atoms with E-state index in [1.165, 1.54) is 6.07 Å². The smallest absolute Gasteiger partial charge is 0.152 e. The van der Waals surface area contributed by atoms with Crippen LogP contribution < -0.4 is 5.32 Å². The lowest BCUT2D eigenvalue weighted by molar-refractivity contribution is 0.275. The van der Waals surface area contributed by atoms with Crippen molar-refractivity contribution in [2.45, 2.75) is 26.6 Å². The van der Waals surface area contributed by atoms with Crippen LogP contribution in [-0.4, -0.2) is 15.3 Å². The lowest BCUT2D eigenvalue weighted by atomic mass is 10.1. The van der Waals surface area contributed by atoms with Gasteiger partial charge in [0.2, 0.25) is 0 Å². The molecule has 23 heavy (non-hydrogen) atoms. The largest absolute Gasteiger partial charge is 0.460 e. The fraction of sp³-hybridized carbons (Fsp3) is 0.235.